The van der Waals surface area contributed by atoms with Gasteiger partial charge < -0.3 is 10.6 Å². The zero-order valence-corrected chi connectivity index (χ0v) is 9.35. The van der Waals surface area contributed by atoms with Crippen LogP contribution in [0.1, 0.15) is 30.6 Å². The maximum Gasteiger partial charge on any atom is 0.315 e. The first-order valence-corrected chi connectivity index (χ1v) is 6.14. The van der Waals surface area contributed by atoms with Gasteiger partial charge >= 0.3 is 6.03 Å². The molecule has 1 fully saturated rings. The highest BCUT2D eigenvalue weighted by Crippen LogP contribution is 2.17. The Kier molecular flexibility index (Phi) is 3.55. The highest BCUT2D eigenvalue weighted by atomic mass is 32.1. The summed E-state index contributed by atoms with van der Waals surface area (Å²) < 4.78 is 0. The van der Waals surface area contributed by atoms with Crippen molar-refractivity contribution in [3.05, 3.63) is 16.6 Å². The van der Waals surface area contributed by atoms with E-state index in [1.807, 2.05) is 0 Å². The minimum absolute atomic E-state index is 0.0599. The first kappa shape index (κ1) is 10.4. The van der Waals surface area contributed by atoms with Gasteiger partial charge in [0, 0.05) is 17.1 Å². The zero-order chi connectivity index (χ0) is 10.5. The average Bonchev–Trinajstić information content (AvgIpc) is 2.86. The lowest BCUT2D eigenvalue weighted by Gasteiger charge is -2.12. The molecule has 15 heavy (non-hydrogen) atoms. The van der Waals surface area contributed by atoms with Crippen LogP contribution in [0.3, 0.4) is 0 Å². The van der Waals surface area contributed by atoms with Gasteiger partial charge in [-0.15, -0.1) is 11.3 Å². The van der Waals surface area contributed by atoms with Crippen molar-refractivity contribution in [1.29, 1.82) is 0 Å². The van der Waals surface area contributed by atoms with Crippen molar-refractivity contribution in [3.63, 3.8) is 0 Å². The highest BCUT2D eigenvalue weighted by molar-refractivity contribution is 7.09. The molecule has 0 spiro atoms. The number of amides is 2. The third-order valence-corrected chi connectivity index (χ3v) is 3.38. The Bertz CT molecular complexity index is 306. The standard InChI is InChI=1S/C10H15N3OS/c14-10(13-8-3-1-2-4-8)12-6-9-5-11-7-15-9/h5,7-8H,1-4,6H2,(H2,12,13,14). The SMILES string of the molecule is O=C(NCc1cncs1)NC1CCCC1. The molecule has 2 amide bonds. The molecule has 1 heterocycles. The summed E-state index contributed by atoms with van der Waals surface area (Å²) in [5, 5.41) is 5.81. The molecule has 5 heteroatoms. The van der Waals surface area contributed by atoms with Crippen molar-refractivity contribution in [2.45, 2.75) is 38.3 Å². The summed E-state index contributed by atoms with van der Waals surface area (Å²) in [5.74, 6) is 0. The van der Waals surface area contributed by atoms with Gasteiger partial charge in [0.1, 0.15) is 0 Å². The number of urea groups is 1. The van der Waals surface area contributed by atoms with Crippen LogP contribution >= 0.6 is 11.3 Å². The third-order valence-electron chi connectivity index (χ3n) is 2.60. The lowest BCUT2D eigenvalue weighted by atomic mass is 10.2. The van der Waals surface area contributed by atoms with E-state index in [0.29, 0.717) is 12.6 Å². The van der Waals surface area contributed by atoms with Gasteiger partial charge in [-0.2, -0.15) is 0 Å². The molecule has 1 aliphatic carbocycles. The van der Waals surface area contributed by atoms with E-state index < -0.39 is 0 Å². The van der Waals surface area contributed by atoms with E-state index in [2.05, 4.69) is 15.6 Å². The number of nitrogens with zero attached hydrogens (tertiary/aromatic N) is 1. The molecule has 2 N–H and O–H groups in total. The molecule has 1 aromatic rings. The summed E-state index contributed by atoms with van der Waals surface area (Å²) in [6.07, 6.45) is 6.49. The second-order valence-corrected chi connectivity index (χ2v) is 4.75. The number of carbonyl (C=O) groups is 1. The molecule has 0 aliphatic heterocycles. The van der Waals surface area contributed by atoms with Crippen molar-refractivity contribution in [2.75, 3.05) is 0 Å². The first-order valence-electron chi connectivity index (χ1n) is 5.26. The normalized spacial score (nSPS) is 16.5. The van der Waals surface area contributed by atoms with Crippen LogP contribution in [0, 0.1) is 0 Å². The summed E-state index contributed by atoms with van der Waals surface area (Å²) in [6, 6.07) is 0.321. The molecule has 1 saturated carbocycles. The smallest absolute Gasteiger partial charge is 0.315 e. The van der Waals surface area contributed by atoms with Crippen molar-refractivity contribution >= 4 is 17.4 Å². The molecule has 0 unspecified atom stereocenters. The minimum Gasteiger partial charge on any atom is -0.335 e. The van der Waals surface area contributed by atoms with E-state index in [1.165, 1.54) is 12.8 Å². The molecule has 4 nitrogen and oxygen atoms in total. The van der Waals surface area contributed by atoms with Crippen LogP contribution in [0.2, 0.25) is 0 Å². The molecular formula is C10H15N3OS. The van der Waals surface area contributed by atoms with Crippen molar-refractivity contribution in [2.24, 2.45) is 0 Å². The summed E-state index contributed by atoms with van der Waals surface area (Å²) >= 11 is 1.55. The Labute approximate surface area is 93.1 Å². The van der Waals surface area contributed by atoms with Gasteiger partial charge in [0.25, 0.3) is 0 Å². The van der Waals surface area contributed by atoms with Gasteiger partial charge in [-0.05, 0) is 12.8 Å². The first-order chi connectivity index (χ1) is 7.34. The van der Waals surface area contributed by atoms with Crippen molar-refractivity contribution in [1.82, 2.24) is 15.6 Å². The summed E-state index contributed by atoms with van der Waals surface area (Å²) in [4.78, 5) is 16.5. The van der Waals surface area contributed by atoms with Gasteiger partial charge in [0.2, 0.25) is 0 Å². The van der Waals surface area contributed by atoms with Crippen molar-refractivity contribution in [3.8, 4) is 0 Å². The second kappa shape index (κ2) is 5.11. The number of nitrogens with one attached hydrogen (secondary N) is 2. The van der Waals surface area contributed by atoms with E-state index in [9.17, 15) is 4.79 Å². The molecule has 0 aromatic carbocycles. The number of hydrogen-bond donors (Lipinski definition) is 2. The maximum absolute atomic E-state index is 11.5. The molecule has 1 aromatic heterocycles. The topological polar surface area (TPSA) is 54.0 Å². The van der Waals surface area contributed by atoms with Gasteiger partial charge in [0.05, 0.1) is 12.1 Å². The Morgan fingerprint density at radius 1 is 1.53 bits per heavy atom. The summed E-state index contributed by atoms with van der Waals surface area (Å²) in [6.45, 7) is 0.573. The average molecular weight is 225 g/mol. The van der Waals surface area contributed by atoms with Crippen molar-refractivity contribution < 1.29 is 4.79 Å². The number of rotatable bonds is 3. The van der Waals surface area contributed by atoms with Crippen LogP contribution < -0.4 is 10.6 Å². The van der Waals surface area contributed by atoms with Crippen LogP contribution in [0.15, 0.2) is 11.7 Å². The number of thiazole rings is 1. The van der Waals surface area contributed by atoms with E-state index >= 15 is 0 Å². The molecule has 1 aliphatic rings. The van der Waals surface area contributed by atoms with E-state index in [0.717, 1.165) is 17.7 Å². The maximum atomic E-state index is 11.5. The second-order valence-electron chi connectivity index (χ2n) is 3.78. The molecular weight excluding hydrogens is 210 g/mol. The summed E-state index contributed by atoms with van der Waals surface area (Å²) in [7, 11) is 0. The largest absolute Gasteiger partial charge is 0.335 e. The molecule has 0 bridgehead atoms. The Morgan fingerprint density at radius 3 is 3.00 bits per heavy atom. The Hall–Kier alpha value is -1.10. The van der Waals surface area contributed by atoms with Crippen LogP contribution in [0.4, 0.5) is 4.79 Å². The lowest BCUT2D eigenvalue weighted by Crippen LogP contribution is -2.40. The number of aromatic nitrogens is 1. The zero-order valence-electron chi connectivity index (χ0n) is 8.53. The Morgan fingerprint density at radius 2 is 2.33 bits per heavy atom. The van der Waals surface area contributed by atoms with Gasteiger partial charge in [-0.25, -0.2) is 4.79 Å². The van der Waals surface area contributed by atoms with Gasteiger partial charge in [-0.1, -0.05) is 12.8 Å². The molecule has 0 radical (unpaired) electrons. The third kappa shape index (κ3) is 3.20. The Balaban J connectivity index is 1.68. The number of hydrogen-bond acceptors (Lipinski definition) is 3. The molecule has 82 valence electrons. The van der Waals surface area contributed by atoms with Crippen LogP contribution in [0.5, 0.6) is 0 Å². The highest BCUT2D eigenvalue weighted by Gasteiger charge is 2.16. The van der Waals surface area contributed by atoms with Crippen LogP contribution in [-0.4, -0.2) is 17.1 Å². The fourth-order valence-corrected chi connectivity index (χ4v) is 2.34. The van der Waals surface area contributed by atoms with E-state index in [4.69, 9.17) is 0 Å². The quantitative estimate of drug-likeness (QED) is 0.825. The number of carbonyl (C=O) groups excluding carboxylic acids is 1. The predicted molar refractivity (Wildman–Crippen MR) is 59.7 cm³/mol. The molecule has 0 atom stereocenters. The molecule has 0 saturated heterocycles. The van der Waals surface area contributed by atoms with E-state index in [-0.39, 0.29) is 6.03 Å². The lowest BCUT2D eigenvalue weighted by molar-refractivity contribution is 0.237. The van der Waals surface area contributed by atoms with Crippen LogP contribution in [0.25, 0.3) is 0 Å². The molecule has 2 rings (SSSR count). The predicted octanol–water partition coefficient (Wildman–Crippen LogP) is 1.88. The van der Waals surface area contributed by atoms with Gasteiger partial charge in [0.15, 0.2) is 0 Å². The van der Waals surface area contributed by atoms with Gasteiger partial charge in [-0.3, -0.25) is 4.98 Å². The fourth-order valence-electron chi connectivity index (χ4n) is 1.80. The summed E-state index contributed by atoms with van der Waals surface area (Å²) in [5.41, 5.74) is 1.77. The van der Waals surface area contributed by atoms with E-state index in [1.54, 1.807) is 23.0 Å². The van der Waals surface area contributed by atoms with Crippen LogP contribution in [-0.2, 0) is 6.54 Å². The minimum atomic E-state index is -0.0599. The monoisotopic (exact) mass is 225 g/mol. The fraction of sp³-hybridized carbons (Fsp3) is 0.600.